The number of benzene rings is 1. The molecule has 0 radical (unpaired) electrons. The molecule has 2 rings (SSSR count). The first kappa shape index (κ1) is 17.3. The van der Waals surface area contributed by atoms with Gasteiger partial charge in [-0.2, -0.15) is 0 Å². The highest BCUT2D eigenvalue weighted by atomic mass is 16.7. The number of non-ortho nitro benzene ring substituents is 1. The smallest absolute Gasteiger partial charge is 0.312 e. The molecule has 24 heavy (non-hydrogen) atoms. The van der Waals surface area contributed by atoms with Crippen molar-refractivity contribution in [3.05, 3.63) is 63.2 Å². The molecule has 0 atom stereocenters. The molecular formula is C17H16N2O5. The minimum Gasteiger partial charge on any atom is -0.312 e. The van der Waals surface area contributed by atoms with Gasteiger partial charge in [0.1, 0.15) is 5.71 Å². The van der Waals surface area contributed by atoms with Crippen molar-refractivity contribution in [3.63, 3.8) is 0 Å². The molecule has 0 aliphatic heterocycles. The van der Waals surface area contributed by atoms with Crippen LogP contribution in [0.25, 0.3) is 0 Å². The van der Waals surface area contributed by atoms with Gasteiger partial charge >= 0.3 is 5.97 Å². The van der Waals surface area contributed by atoms with E-state index in [1.165, 1.54) is 24.3 Å². The molecule has 0 heterocycles. The topological polar surface area (TPSA) is 98.9 Å². The van der Waals surface area contributed by atoms with Gasteiger partial charge in [-0.1, -0.05) is 25.1 Å². The fourth-order valence-corrected chi connectivity index (χ4v) is 2.12. The summed E-state index contributed by atoms with van der Waals surface area (Å²) >= 11 is 0. The van der Waals surface area contributed by atoms with Crippen molar-refractivity contribution in [1.29, 1.82) is 0 Å². The van der Waals surface area contributed by atoms with Gasteiger partial charge in [0, 0.05) is 12.1 Å². The highest BCUT2D eigenvalue weighted by molar-refractivity contribution is 6.21. The second kappa shape index (κ2) is 6.99. The molecule has 0 spiro atoms. The van der Waals surface area contributed by atoms with Crippen LogP contribution in [-0.4, -0.2) is 22.4 Å². The standard InChI is InChI=1S/C17H16N2O5/c1-10(2)14-9-16(20)11(3)7-15(14)18-24-17(21)12-5-4-6-13(8-12)19(22)23/h4-10H,1-3H3. The molecule has 1 aromatic carbocycles. The van der Waals surface area contributed by atoms with E-state index in [0.29, 0.717) is 16.9 Å². The number of ketones is 1. The number of nitro benzene ring substituents is 1. The summed E-state index contributed by atoms with van der Waals surface area (Å²) in [5, 5.41) is 14.6. The largest absolute Gasteiger partial charge is 0.366 e. The number of nitro groups is 1. The van der Waals surface area contributed by atoms with Gasteiger partial charge in [0.2, 0.25) is 0 Å². The molecule has 0 saturated carbocycles. The van der Waals surface area contributed by atoms with Crippen LogP contribution in [0, 0.1) is 16.0 Å². The van der Waals surface area contributed by atoms with Crippen LogP contribution in [0.4, 0.5) is 5.69 Å². The number of oxime groups is 1. The van der Waals surface area contributed by atoms with Gasteiger partial charge < -0.3 is 4.84 Å². The lowest BCUT2D eigenvalue weighted by molar-refractivity contribution is -0.384. The number of carbonyl (C=O) groups excluding carboxylic acids is 2. The fourth-order valence-electron chi connectivity index (χ4n) is 2.12. The van der Waals surface area contributed by atoms with Gasteiger partial charge in [0.05, 0.1) is 10.5 Å². The van der Waals surface area contributed by atoms with Crippen LogP contribution in [0.15, 0.2) is 52.7 Å². The maximum Gasteiger partial charge on any atom is 0.366 e. The third kappa shape index (κ3) is 3.81. The third-order valence-electron chi connectivity index (χ3n) is 3.47. The molecular weight excluding hydrogens is 312 g/mol. The maximum absolute atomic E-state index is 12.0. The number of carbonyl (C=O) groups is 2. The SMILES string of the molecule is CC1=CC(=NOC(=O)c2cccc([N+](=O)[O-])c2)C(C(C)C)=CC1=O. The molecule has 1 aliphatic carbocycles. The van der Waals surface area contributed by atoms with E-state index in [0.717, 1.165) is 6.07 Å². The molecule has 7 nitrogen and oxygen atoms in total. The van der Waals surface area contributed by atoms with Crippen molar-refractivity contribution >= 4 is 23.2 Å². The molecule has 124 valence electrons. The Kier molecular flexibility index (Phi) is 5.03. The Bertz CT molecular complexity index is 803. The second-order valence-corrected chi connectivity index (χ2v) is 5.61. The van der Waals surface area contributed by atoms with Crippen molar-refractivity contribution < 1.29 is 19.3 Å². The molecule has 0 saturated heterocycles. The Morgan fingerprint density at radius 1 is 1.29 bits per heavy atom. The number of rotatable bonds is 4. The Morgan fingerprint density at radius 2 is 2.00 bits per heavy atom. The summed E-state index contributed by atoms with van der Waals surface area (Å²) in [7, 11) is 0. The van der Waals surface area contributed by atoms with Crippen LogP contribution in [0.1, 0.15) is 31.1 Å². The van der Waals surface area contributed by atoms with Crippen molar-refractivity contribution in [2.24, 2.45) is 11.1 Å². The summed E-state index contributed by atoms with van der Waals surface area (Å²) in [6.07, 6.45) is 3.03. The molecule has 1 aliphatic rings. The predicted octanol–water partition coefficient (Wildman–Crippen LogP) is 3.22. The van der Waals surface area contributed by atoms with Gasteiger partial charge in [-0.3, -0.25) is 14.9 Å². The summed E-state index contributed by atoms with van der Waals surface area (Å²) in [6, 6.07) is 5.19. The van der Waals surface area contributed by atoms with E-state index in [2.05, 4.69) is 5.16 Å². The fraction of sp³-hybridized carbons (Fsp3) is 0.235. The summed E-state index contributed by atoms with van der Waals surface area (Å²) in [4.78, 5) is 38.8. The van der Waals surface area contributed by atoms with E-state index >= 15 is 0 Å². The predicted molar refractivity (Wildman–Crippen MR) is 87.6 cm³/mol. The first-order chi connectivity index (χ1) is 11.3. The molecule has 0 bridgehead atoms. The number of hydrogen-bond donors (Lipinski definition) is 0. The Balaban J connectivity index is 2.24. The lowest BCUT2D eigenvalue weighted by Crippen LogP contribution is -2.16. The summed E-state index contributed by atoms with van der Waals surface area (Å²) < 4.78 is 0. The van der Waals surface area contributed by atoms with Crippen LogP contribution in [0.2, 0.25) is 0 Å². The number of allylic oxidation sites excluding steroid dienone is 4. The lowest BCUT2D eigenvalue weighted by Gasteiger charge is -2.15. The zero-order chi connectivity index (χ0) is 17.9. The molecule has 7 heteroatoms. The van der Waals surface area contributed by atoms with Gasteiger partial charge in [-0.05, 0) is 42.2 Å². The van der Waals surface area contributed by atoms with E-state index in [4.69, 9.17) is 4.84 Å². The van der Waals surface area contributed by atoms with Crippen LogP contribution in [0.5, 0.6) is 0 Å². The van der Waals surface area contributed by atoms with Crippen molar-refractivity contribution in [3.8, 4) is 0 Å². The maximum atomic E-state index is 12.0. The summed E-state index contributed by atoms with van der Waals surface area (Å²) in [5.41, 5.74) is 1.36. The molecule has 0 fully saturated rings. The van der Waals surface area contributed by atoms with Gasteiger partial charge in [-0.25, -0.2) is 4.79 Å². The van der Waals surface area contributed by atoms with Crippen molar-refractivity contribution in [1.82, 2.24) is 0 Å². The highest BCUT2D eigenvalue weighted by Gasteiger charge is 2.20. The quantitative estimate of drug-likeness (QED) is 0.366. The highest BCUT2D eigenvalue weighted by Crippen LogP contribution is 2.20. The van der Waals surface area contributed by atoms with Gasteiger partial charge in [0.15, 0.2) is 5.78 Å². The molecule has 1 aromatic rings. The van der Waals surface area contributed by atoms with Crippen LogP contribution < -0.4 is 0 Å². The van der Waals surface area contributed by atoms with Crippen LogP contribution in [0.3, 0.4) is 0 Å². The van der Waals surface area contributed by atoms with Crippen molar-refractivity contribution in [2.45, 2.75) is 20.8 Å². The van der Waals surface area contributed by atoms with Crippen LogP contribution >= 0.6 is 0 Å². The van der Waals surface area contributed by atoms with E-state index < -0.39 is 10.9 Å². The zero-order valence-corrected chi connectivity index (χ0v) is 13.5. The number of nitrogens with zero attached hydrogens (tertiary/aromatic N) is 2. The summed E-state index contributed by atoms with van der Waals surface area (Å²) in [6.45, 7) is 5.44. The third-order valence-corrected chi connectivity index (χ3v) is 3.47. The Hall–Kier alpha value is -3.09. The van der Waals surface area contributed by atoms with Crippen LogP contribution in [-0.2, 0) is 9.63 Å². The van der Waals surface area contributed by atoms with E-state index in [1.807, 2.05) is 13.8 Å². The minimum absolute atomic E-state index is 0.0218. The number of hydrogen-bond acceptors (Lipinski definition) is 6. The van der Waals surface area contributed by atoms with E-state index in [1.54, 1.807) is 13.0 Å². The Labute approximate surface area is 138 Å². The normalized spacial score (nSPS) is 16.0. The Morgan fingerprint density at radius 3 is 2.62 bits per heavy atom. The average molecular weight is 328 g/mol. The van der Waals surface area contributed by atoms with E-state index in [9.17, 15) is 19.7 Å². The molecule has 0 unspecified atom stereocenters. The molecule has 0 N–H and O–H groups in total. The first-order valence-electron chi connectivity index (χ1n) is 7.28. The summed E-state index contributed by atoms with van der Waals surface area (Å²) in [5.74, 6) is -0.895. The average Bonchev–Trinajstić information content (AvgIpc) is 2.55. The second-order valence-electron chi connectivity index (χ2n) is 5.61. The van der Waals surface area contributed by atoms with Gasteiger partial charge in [0.25, 0.3) is 5.69 Å². The lowest BCUT2D eigenvalue weighted by atomic mass is 9.90. The minimum atomic E-state index is -0.808. The molecule has 0 amide bonds. The molecule has 0 aromatic heterocycles. The van der Waals surface area contributed by atoms with Crippen molar-refractivity contribution in [2.75, 3.05) is 0 Å². The first-order valence-corrected chi connectivity index (χ1v) is 7.28. The monoisotopic (exact) mass is 328 g/mol. The van der Waals surface area contributed by atoms with E-state index in [-0.39, 0.29) is 23.0 Å². The zero-order valence-electron chi connectivity index (χ0n) is 13.5. The van der Waals surface area contributed by atoms with Gasteiger partial charge in [-0.15, -0.1) is 0 Å².